The summed E-state index contributed by atoms with van der Waals surface area (Å²) in [6.07, 6.45) is -4.43. The maximum atomic E-state index is 12.7. The Morgan fingerprint density at radius 3 is 2.22 bits per heavy atom. The van der Waals surface area contributed by atoms with Crippen LogP contribution in [0.4, 0.5) is 13.2 Å². The lowest BCUT2D eigenvalue weighted by molar-refractivity contribution is -0.141. The first-order chi connectivity index (χ1) is 8.50. The Kier molecular flexibility index (Phi) is 3.71. The highest BCUT2D eigenvalue weighted by Gasteiger charge is 2.33. The zero-order valence-corrected chi connectivity index (χ0v) is 10.8. The highest BCUT2D eigenvalue weighted by molar-refractivity contribution is 9.08. The zero-order chi connectivity index (χ0) is 13.2. The average Bonchev–Trinajstić information content (AvgIpc) is 2.38. The fraction of sp³-hybridized carbons (Fsp3) is 0.154. The fourth-order valence-corrected chi connectivity index (χ4v) is 1.89. The summed E-state index contributed by atoms with van der Waals surface area (Å²) in [5.41, 5.74) is 0.766. The molecule has 0 saturated carbocycles. The third-order valence-corrected chi connectivity index (χ3v) is 2.99. The van der Waals surface area contributed by atoms with Gasteiger partial charge in [0.2, 0.25) is 0 Å². The molecule has 2 aromatic rings. The Hall–Kier alpha value is -1.36. The molecule has 0 amide bonds. The van der Waals surface area contributed by atoms with Crippen LogP contribution in [0, 0.1) is 0 Å². The van der Waals surface area contributed by atoms with Gasteiger partial charge in [0, 0.05) is 5.33 Å². The van der Waals surface area contributed by atoms with Crippen LogP contribution >= 0.6 is 15.9 Å². The molecule has 0 bridgehead atoms. The molecule has 0 aliphatic heterocycles. The third-order valence-electron chi connectivity index (χ3n) is 2.41. The summed E-state index contributed by atoms with van der Waals surface area (Å²) < 4.78 is 38.2. The van der Waals surface area contributed by atoms with E-state index >= 15 is 0 Å². The van der Waals surface area contributed by atoms with E-state index in [4.69, 9.17) is 0 Å². The first-order valence-corrected chi connectivity index (χ1v) is 6.32. The van der Waals surface area contributed by atoms with Gasteiger partial charge in [-0.25, -0.2) is 4.98 Å². The van der Waals surface area contributed by atoms with Gasteiger partial charge in [-0.3, -0.25) is 0 Å². The summed E-state index contributed by atoms with van der Waals surface area (Å²) >= 11 is 3.14. The van der Waals surface area contributed by atoms with Crippen molar-refractivity contribution in [3.8, 4) is 11.1 Å². The van der Waals surface area contributed by atoms with E-state index in [-0.39, 0.29) is 5.33 Å². The predicted molar refractivity (Wildman–Crippen MR) is 67.3 cm³/mol. The summed E-state index contributed by atoms with van der Waals surface area (Å²) in [6, 6.07) is 11.7. The lowest BCUT2D eigenvalue weighted by Gasteiger charge is -2.10. The molecule has 2 rings (SSSR count). The number of nitrogens with zero attached hydrogens (tertiary/aromatic N) is 1. The normalized spacial score (nSPS) is 11.6. The largest absolute Gasteiger partial charge is 0.433 e. The summed E-state index contributed by atoms with van der Waals surface area (Å²) in [4.78, 5) is 3.58. The van der Waals surface area contributed by atoms with Crippen molar-refractivity contribution in [1.82, 2.24) is 4.98 Å². The molecule has 0 N–H and O–H groups in total. The van der Waals surface area contributed by atoms with Gasteiger partial charge in [-0.2, -0.15) is 13.2 Å². The summed E-state index contributed by atoms with van der Waals surface area (Å²) in [6.45, 7) is 0. The van der Waals surface area contributed by atoms with E-state index in [0.717, 1.165) is 11.6 Å². The van der Waals surface area contributed by atoms with Gasteiger partial charge in [0.1, 0.15) is 5.69 Å². The second-order valence-electron chi connectivity index (χ2n) is 3.73. The Labute approximate surface area is 111 Å². The van der Waals surface area contributed by atoms with Gasteiger partial charge in [-0.05, 0) is 23.3 Å². The number of aromatic nitrogens is 1. The van der Waals surface area contributed by atoms with Crippen LogP contribution in [0.3, 0.4) is 0 Å². The van der Waals surface area contributed by atoms with Crippen LogP contribution in [-0.4, -0.2) is 4.98 Å². The number of halogens is 4. The van der Waals surface area contributed by atoms with E-state index in [2.05, 4.69) is 20.9 Å². The smallest absolute Gasteiger partial charge is 0.247 e. The van der Waals surface area contributed by atoms with Crippen LogP contribution in [0.15, 0.2) is 42.5 Å². The zero-order valence-electron chi connectivity index (χ0n) is 9.21. The van der Waals surface area contributed by atoms with Crippen molar-refractivity contribution in [2.24, 2.45) is 0 Å². The van der Waals surface area contributed by atoms with Gasteiger partial charge in [0.25, 0.3) is 0 Å². The van der Waals surface area contributed by atoms with Crippen molar-refractivity contribution in [3.05, 3.63) is 53.9 Å². The molecule has 0 aliphatic carbocycles. The maximum absolute atomic E-state index is 12.7. The Balaban J connectivity index is 2.55. The van der Waals surface area contributed by atoms with Crippen molar-refractivity contribution in [2.45, 2.75) is 11.5 Å². The number of hydrogen-bond donors (Lipinski definition) is 0. The van der Waals surface area contributed by atoms with Crippen LogP contribution in [-0.2, 0) is 11.5 Å². The molecular weight excluding hydrogens is 307 g/mol. The molecule has 0 aliphatic rings. The molecule has 0 radical (unpaired) electrons. The lowest BCUT2D eigenvalue weighted by atomic mass is 10.0. The summed E-state index contributed by atoms with van der Waals surface area (Å²) in [7, 11) is 0. The molecule has 0 fully saturated rings. The summed E-state index contributed by atoms with van der Waals surface area (Å²) in [5.74, 6) is 0. The van der Waals surface area contributed by atoms with E-state index in [0.29, 0.717) is 11.3 Å². The number of alkyl halides is 4. The van der Waals surface area contributed by atoms with E-state index in [1.165, 1.54) is 0 Å². The minimum absolute atomic E-state index is 0.288. The van der Waals surface area contributed by atoms with Crippen molar-refractivity contribution < 1.29 is 13.2 Å². The average molecular weight is 316 g/mol. The number of rotatable bonds is 2. The van der Waals surface area contributed by atoms with Crippen LogP contribution in [0.2, 0.25) is 0 Å². The van der Waals surface area contributed by atoms with Crippen LogP contribution < -0.4 is 0 Å². The number of pyridine rings is 1. The predicted octanol–water partition coefficient (Wildman–Crippen LogP) is 4.66. The van der Waals surface area contributed by atoms with Crippen LogP contribution in [0.25, 0.3) is 11.1 Å². The second kappa shape index (κ2) is 5.10. The fourth-order valence-electron chi connectivity index (χ4n) is 1.60. The van der Waals surface area contributed by atoms with Crippen molar-refractivity contribution in [2.75, 3.05) is 0 Å². The number of benzene rings is 1. The molecule has 5 heteroatoms. The standard InChI is InChI=1S/C13H9BrF3N/c14-8-11-6-10(9-4-2-1-3-5-9)7-12(18-11)13(15,16)17/h1-7H,8H2. The third kappa shape index (κ3) is 2.90. The first kappa shape index (κ1) is 13.1. The second-order valence-corrected chi connectivity index (χ2v) is 4.29. The molecule has 1 aromatic heterocycles. The lowest BCUT2D eigenvalue weighted by Crippen LogP contribution is -2.09. The van der Waals surface area contributed by atoms with E-state index in [1.54, 1.807) is 30.3 Å². The maximum Gasteiger partial charge on any atom is 0.433 e. The Bertz CT molecular complexity index is 538. The van der Waals surface area contributed by atoms with E-state index in [9.17, 15) is 13.2 Å². The van der Waals surface area contributed by atoms with Crippen molar-refractivity contribution >= 4 is 15.9 Å². The molecule has 0 saturated heterocycles. The minimum Gasteiger partial charge on any atom is -0.247 e. The Morgan fingerprint density at radius 1 is 1.00 bits per heavy atom. The highest BCUT2D eigenvalue weighted by Crippen LogP contribution is 2.31. The van der Waals surface area contributed by atoms with E-state index in [1.807, 2.05) is 6.07 Å². The first-order valence-electron chi connectivity index (χ1n) is 5.20. The van der Waals surface area contributed by atoms with Gasteiger partial charge >= 0.3 is 6.18 Å². The van der Waals surface area contributed by atoms with Gasteiger partial charge in [-0.1, -0.05) is 46.3 Å². The van der Waals surface area contributed by atoms with Gasteiger partial charge < -0.3 is 0 Å². The number of hydrogen-bond acceptors (Lipinski definition) is 1. The molecule has 1 nitrogen and oxygen atoms in total. The quantitative estimate of drug-likeness (QED) is 0.734. The molecular formula is C13H9BrF3N. The minimum atomic E-state index is -4.43. The molecule has 0 atom stereocenters. The van der Waals surface area contributed by atoms with Gasteiger partial charge in [0.15, 0.2) is 0 Å². The molecule has 94 valence electrons. The molecule has 0 unspecified atom stereocenters. The topological polar surface area (TPSA) is 12.9 Å². The van der Waals surface area contributed by atoms with Crippen molar-refractivity contribution in [1.29, 1.82) is 0 Å². The molecule has 1 heterocycles. The monoisotopic (exact) mass is 315 g/mol. The van der Waals surface area contributed by atoms with Crippen molar-refractivity contribution in [3.63, 3.8) is 0 Å². The highest BCUT2D eigenvalue weighted by atomic mass is 79.9. The molecule has 18 heavy (non-hydrogen) atoms. The van der Waals surface area contributed by atoms with Gasteiger partial charge in [0.05, 0.1) is 5.69 Å². The molecule has 1 aromatic carbocycles. The van der Waals surface area contributed by atoms with Gasteiger partial charge in [-0.15, -0.1) is 0 Å². The SMILES string of the molecule is FC(F)(F)c1cc(-c2ccccc2)cc(CBr)n1. The van der Waals surface area contributed by atoms with E-state index < -0.39 is 11.9 Å². The Morgan fingerprint density at radius 2 is 1.67 bits per heavy atom. The summed E-state index contributed by atoms with van der Waals surface area (Å²) in [5, 5.41) is 0.288. The molecule has 0 spiro atoms. The van der Waals surface area contributed by atoms with Crippen LogP contribution in [0.5, 0.6) is 0 Å². The van der Waals surface area contributed by atoms with Crippen LogP contribution in [0.1, 0.15) is 11.4 Å².